The van der Waals surface area contributed by atoms with Gasteiger partial charge in [-0.1, -0.05) is 13.0 Å². The summed E-state index contributed by atoms with van der Waals surface area (Å²) in [6, 6.07) is 0. The number of hydrogen-bond donors (Lipinski definition) is 1. The fourth-order valence-corrected chi connectivity index (χ4v) is 1.09. The highest BCUT2D eigenvalue weighted by atomic mass is 16.7. The summed E-state index contributed by atoms with van der Waals surface area (Å²) in [5, 5.41) is 9.36. The number of rotatable bonds is 9. The minimum atomic E-state index is -1.23. The molecular formula is C12H22O5. The normalized spacial score (nSPS) is 13.5. The Morgan fingerprint density at radius 2 is 1.94 bits per heavy atom. The highest BCUT2D eigenvalue weighted by Crippen LogP contribution is 2.01. The van der Waals surface area contributed by atoms with E-state index in [0.29, 0.717) is 25.4 Å². The van der Waals surface area contributed by atoms with Crippen molar-refractivity contribution in [2.45, 2.75) is 33.5 Å². The minimum absolute atomic E-state index is 0.0434. The first kappa shape index (κ1) is 16.1. The van der Waals surface area contributed by atoms with Crippen LogP contribution in [0.25, 0.3) is 0 Å². The Kier molecular flexibility index (Phi) is 9.71. The summed E-state index contributed by atoms with van der Waals surface area (Å²) < 4.78 is 14.9. The van der Waals surface area contributed by atoms with Gasteiger partial charge in [0.15, 0.2) is 0 Å². The quantitative estimate of drug-likeness (QED) is 0.287. The van der Waals surface area contributed by atoms with Gasteiger partial charge in [0.25, 0.3) is 0 Å². The van der Waals surface area contributed by atoms with Crippen LogP contribution in [-0.2, 0) is 19.0 Å². The third kappa shape index (κ3) is 8.85. The minimum Gasteiger partial charge on any atom is -0.430 e. The summed E-state index contributed by atoms with van der Waals surface area (Å²) in [5.74, 6) is -0.521. The molecule has 0 amide bonds. The van der Waals surface area contributed by atoms with E-state index in [1.807, 2.05) is 13.8 Å². The zero-order chi connectivity index (χ0) is 13.1. The SMILES string of the molecule is CC/C=C(\C)C(=O)OC(O)COCCOCC. The molecule has 0 rings (SSSR count). The first-order valence-electron chi connectivity index (χ1n) is 5.83. The van der Waals surface area contributed by atoms with E-state index in [1.54, 1.807) is 13.0 Å². The Labute approximate surface area is 102 Å². The first-order valence-corrected chi connectivity index (χ1v) is 5.83. The monoisotopic (exact) mass is 246 g/mol. The van der Waals surface area contributed by atoms with Crippen molar-refractivity contribution in [1.29, 1.82) is 0 Å². The van der Waals surface area contributed by atoms with E-state index in [4.69, 9.17) is 14.2 Å². The van der Waals surface area contributed by atoms with Crippen LogP contribution < -0.4 is 0 Å². The Bertz CT molecular complexity index is 237. The van der Waals surface area contributed by atoms with E-state index in [0.717, 1.165) is 6.42 Å². The standard InChI is InChI=1S/C12H22O5/c1-4-6-10(3)12(14)17-11(13)9-16-8-7-15-5-2/h6,11,13H,4-5,7-9H2,1-3H3/b10-6+. The average molecular weight is 246 g/mol. The Hall–Kier alpha value is -0.910. The smallest absolute Gasteiger partial charge is 0.335 e. The van der Waals surface area contributed by atoms with Crippen LogP contribution in [0.3, 0.4) is 0 Å². The molecular weight excluding hydrogens is 224 g/mol. The fourth-order valence-electron chi connectivity index (χ4n) is 1.09. The second-order valence-corrected chi connectivity index (χ2v) is 3.43. The molecule has 5 nitrogen and oxygen atoms in total. The Morgan fingerprint density at radius 1 is 1.29 bits per heavy atom. The van der Waals surface area contributed by atoms with Crippen molar-refractivity contribution >= 4 is 5.97 Å². The number of hydrogen-bond acceptors (Lipinski definition) is 5. The van der Waals surface area contributed by atoms with Gasteiger partial charge in [-0.2, -0.15) is 0 Å². The van der Waals surface area contributed by atoms with E-state index in [9.17, 15) is 9.90 Å². The number of ether oxygens (including phenoxy) is 3. The van der Waals surface area contributed by atoms with Crippen LogP contribution in [0.15, 0.2) is 11.6 Å². The molecule has 17 heavy (non-hydrogen) atoms. The molecule has 1 N–H and O–H groups in total. The predicted molar refractivity (Wildman–Crippen MR) is 63.5 cm³/mol. The molecule has 0 bridgehead atoms. The molecule has 0 saturated carbocycles. The lowest BCUT2D eigenvalue weighted by Gasteiger charge is -2.12. The second kappa shape index (κ2) is 10.3. The number of aliphatic hydroxyl groups excluding tert-OH is 1. The van der Waals surface area contributed by atoms with Crippen molar-refractivity contribution in [3.05, 3.63) is 11.6 Å². The molecule has 0 spiro atoms. The topological polar surface area (TPSA) is 65.0 Å². The molecule has 1 atom stereocenters. The Balaban J connectivity index is 3.67. The number of aliphatic hydroxyl groups is 1. The van der Waals surface area contributed by atoms with E-state index < -0.39 is 12.3 Å². The van der Waals surface area contributed by atoms with Gasteiger partial charge in [0.05, 0.1) is 13.2 Å². The third-order valence-corrected chi connectivity index (χ3v) is 1.91. The van der Waals surface area contributed by atoms with Gasteiger partial charge in [-0.25, -0.2) is 4.79 Å². The molecule has 0 aliphatic heterocycles. The van der Waals surface area contributed by atoms with Crippen LogP contribution in [0.1, 0.15) is 27.2 Å². The van der Waals surface area contributed by atoms with Crippen LogP contribution >= 0.6 is 0 Å². The number of esters is 1. The molecule has 0 heterocycles. The zero-order valence-corrected chi connectivity index (χ0v) is 10.8. The molecule has 0 aromatic rings. The highest BCUT2D eigenvalue weighted by Gasteiger charge is 2.12. The number of allylic oxidation sites excluding steroid dienone is 1. The van der Waals surface area contributed by atoms with Crippen LogP contribution in [0.4, 0.5) is 0 Å². The summed E-state index contributed by atoms with van der Waals surface area (Å²) in [5.41, 5.74) is 0.487. The van der Waals surface area contributed by atoms with Crippen molar-refractivity contribution in [3.63, 3.8) is 0 Å². The van der Waals surface area contributed by atoms with Crippen LogP contribution in [0.5, 0.6) is 0 Å². The molecule has 0 radical (unpaired) electrons. The van der Waals surface area contributed by atoms with Crippen molar-refractivity contribution < 1.29 is 24.1 Å². The highest BCUT2D eigenvalue weighted by molar-refractivity contribution is 5.87. The largest absolute Gasteiger partial charge is 0.430 e. The molecule has 0 saturated heterocycles. The van der Waals surface area contributed by atoms with E-state index in [1.165, 1.54) is 0 Å². The maximum atomic E-state index is 11.3. The average Bonchev–Trinajstić information content (AvgIpc) is 2.29. The predicted octanol–water partition coefficient (Wildman–Crippen LogP) is 1.26. The third-order valence-electron chi connectivity index (χ3n) is 1.91. The molecule has 0 aliphatic rings. The summed E-state index contributed by atoms with van der Waals surface area (Å²) in [4.78, 5) is 11.3. The number of carbonyl (C=O) groups is 1. The molecule has 0 aromatic carbocycles. The van der Waals surface area contributed by atoms with Crippen LogP contribution in [0.2, 0.25) is 0 Å². The van der Waals surface area contributed by atoms with Gasteiger partial charge in [-0.05, 0) is 20.3 Å². The van der Waals surface area contributed by atoms with Gasteiger partial charge < -0.3 is 19.3 Å². The van der Waals surface area contributed by atoms with Crippen LogP contribution in [0, 0.1) is 0 Å². The van der Waals surface area contributed by atoms with E-state index in [2.05, 4.69) is 0 Å². The molecule has 0 aliphatic carbocycles. The molecule has 100 valence electrons. The van der Waals surface area contributed by atoms with Gasteiger partial charge in [-0.3, -0.25) is 0 Å². The lowest BCUT2D eigenvalue weighted by atomic mass is 10.2. The lowest BCUT2D eigenvalue weighted by molar-refractivity contribution is -0.173. The zero-order valence-electron chi connectivity index (χ0n) is 10.8. The second-order valence-electron chi connectivity index (χ2n) is 3.43. The van der Waals surface area contributed by atoms with E-state index >= 15 is 0 Å². The fraction of sp³-hybridized carbons (Fsp3) is 0.750. The van der Waals surface area contributed by atoms with Crippen molar-refractivity contribution in [1.82, 2.24) is 0 Å². The Morgan fingerprint density at radius 3 is 2.53 bits per heavy atom. The summed E-state index contributed by atoms with van der Waals surface area (Å²) in [6.07, 6.45) is 1.26. The summed E-state index contributed by atoms with van der Waals surface area (Å²) in [7, 11) is 0. The maximum absolute atomic E-state index is 11.3. The molecule has 5 heteroatoms. The number of carbonyl (C=O) groups excluding carboxylic acids is 1. The van der Waals surface area contributed by atoms with Crippen LogP contribution in [-0.4, -0.2) is 43.8 Å². The molecule has 0 fully saturated rings. The van der Waals surface area contributed by atoms with Gasteiger partial charge >= 0.3 is 5.97 Å². The van der Waals surface area contributed by atoms with E-state index in [-0.39, 0.29) is 6.61 Å². The van der Waals surface area contributed by atoms with Gasteiger partial charge in [0.1, 0.15) is 6.61 Å². The van der Waals surface area contributed by atoms with Crippen molar-refractivity contribution in [2.75, 3.05) is 26.4 Å². The van der Waals surface area contributed by atoms with Gasteiger partial charge in [0.2, 0.25) is 6.29 Å². The summed E-state index contributed by atoms with van der Waals surface area (Å²) in [6.45, 7) is 6.87. The van der Waals surface area contributed by atoms with Crippen molar-refractivity contribution in [2.24, 2.45) is 0 Å². The summed E-state index contributed by atoms with van der Waals surface area (Å²) >= 11 is 0. The van der Waals surface area contributed by atoms with Crippen molar-refractivity contribution in [3.8, 4) is 0 Å². The first-order chi connectivity index (χ1) is 8.11. The molecule has 1 unspecified atom stereocenters. The lowest BCUT2D eigenvalue weighted by Crippen LogP contribution is -2.24. The van der Waals surface area contributed by atoms with Gasteiger partial charge in [-0.15, -0.1) is 0 Å². The molecule has 0 aromatic heterocycles. The van der Waals surface area contributed by atoms with Gasteiger partial charge in [0, 0.05) is 12.2 Å². The maximum Gasteiger partial charge on any atom is 0.335 e.